The molecule has 0 aliphatic carbocycles. The first-order valence-corrected chi connectivity index (χ1v) is 8.98. The lowest BCUT2D eigenvalue weighted by atomic mass is 9.90. The Labute approximate surface area is 161 Å². The molecule has 2 unspecified atom stereocenters. The minimum atomic E-state index is -0.683. The van der Waals surface area contributed by atoms with Crippen LogP contribution in [0.4, 0.5) is 5.69 Å². The second kappa shape index (κ2) is 6.14. The summed E-state index contributed by atoms with van der Waals surface area (Å²) in [4.78, 5) is 13.6. The molecule has 2 aromatic carbocycles. The first-order valence-electron chi connectivity index (χ1n) is 8.19. The summed E-state index contributed by atoms with van der Waals surface area (Å²) in [5, 5.41) is 4.53. The SMILES string of the molecule is COC(=O)c1ccc(N2C(=S)NC3CC2(C)Oc2c(Cl)cccc23)cc1. The van der Waals surface area contributed by atoms with E-state index < -0.39 is 5.72 Å². The fourth-order valence-corrected chi connectivity index (χ4v) is 4.27. The fourth-order valence-electron chi connectivity index (χ4n) is 3.61. The average Bonchev–Trinajstić information content (AvgIpc) is 2.62. The van der Waals surface area contributed by atoms with Gasteiger partial charge in [-0.1, -0.05) is 23.7 Å². The Morgan fingerprint density at radius 3 is 2.77 bits per heavy atom. The zero-order valence-electron chi connectivity index (χ0n) is 14.3. The van der Waals surface area contributed by atoms with Crippen LogP contribution in [0.1, 0.15) is 35.3 Å². The Bertz CT molecular complexity index is 902. The molecule has 1 fully saturated rings. The second-order valence-corrected chi connectivity index (χ2v) is 7.31. The van der Waals surface area contributed by atoms with Crippen LogP contribution in [0.25, 0.3) is 0 Å². The molecule has 2 aliphatic rings. The zero-order chi connectivity index (χ0) is 18.5. The van der Waals surface area contributed by atoms with Crippen molar-refractivity contribution < 1.29 is 14.3 Å². The molecule has 2 atom stereocenters. The van der Waals surface area contributed by atoms with Gasteiger partial charge in [0, 0.05) is 17.7 Å². The third kappa shape index (κ3) is 2.61. The number of thiocarbonyl (C=S) groups is 1. The number of benzene rings is 2. The molecule has 1 N–H and O–H groups in total. The lowest BCUT2D eigenvalue weighted by molar-refractivity contribution is 0.0499. The van der Waals surface area contributed by atoms with E-state index in [-0.39, 0.29) is 12.0 Å². The van der Waals surface area contributed by atoms with Gasteiger partial charge in [-0.15, -0.1) is 0 Å². The molecular formula is C19H17ClN2O3S. The molecule has 2 heterocycles. The summed E-state index contributed by atoms with van der Waals surface area (Å²) < 4.78 is 11.1. The smallest absolute Gasteiger partial charge is 0.337 e. The van der Waals surface area contributed by atoms with E-state index in [2.05, 4.69) is 5.32 Å². The monoisotopic (exact) mass is 388 g/mol. The molecule has 2 bridgehead atoms. The molecule has 2 aromatic rings. The highest BCUT2D eigenvalue weighted by molar-refractivity contribution is 7.80. The third-order valence-corrected chi connectivity index (χ3v) is 5.40. The number of carbonyl (C=O) groups excluding carboxylic acids is 1. The van der Waals surface area contributed by atoms with E-state index in [1.807, 2.05) is 42.2 Å². The van der Waals surface area contributed by atoms with Gasteiger partial charge in [0.15, 0.2) is 10.8 Å². The second-order valence-electron chi connectivity index (χ2n) is 6.52. The van der Waals surface area contributed by atoms with Crippen molar-refractivity contribution in [1.29, 1.82) is 0 Å². The Morgan fingerprint density at radius 2 is 2.08 bits per heavy atom. The van der Waals surface area contributed by atoms with E-state index in [0.717, 1.165) is 11.3 Å². The van der Waals surface area contributed by atoms with Crippen LogP contribution < -0.4 is 15.0 Å². The fraction of sp³-hybridized carbons (Fsp3) is 0.263. The Balaban J connectivity index is 1.74. The minimum absolute atomic E-state index is 0.0422. The first kappa shape index (κ1) is 17.1. The van der Waals surface area contributed by atoms with Crippen molar-refractivity contribution >= 4 is 40.6 Å². The van der Waals surface area contributed by atoms with Crippen LogP contribution >= 0.6 is 23.8 Å². The van der Waals surface area contributed by atoms with Crippen molar-refractivity contribution in [2.75, 3.05) is 12.0 Å². The highest BCUT2D eigenvalue weighted by Gasteiger charge is 2.48. The largest absolute Gasteiger partial charge is 0.466 e. The minimum Gasteiger partial charge on any atom is -0.466 e. The van der Waals surface area contributed by atoms with Gasteiger partial charge < -0.3 is 14.8 Å². The predicted molar refractivity (Wildman–Crippen MR) is 104 cm³/mol. The van der Waals surface area contributed by atoms with Crippen molar-refractivity contribution in [1.82, 2.24) is 5.32 Å². The summed E-state index contributed by atoms with van der Waals surface area (Å²) in [6, 6.07) is 12.9. The van der Waals surface area contributed by atoms with Crippen molar-refractivity contribution in [3.8, 4) is 5.75 Å². The Hall–Kier alpha value is -2.31. The van der Waals surface area contributed by atoms with E-state index in [1.54, 1.807) is 12.1 Å². The summed E-state index contributed by atoms with van der Waals surface area (Å²) in [6.07, 6.45) is 0.708. The van der Waals surface area contributed by atoms with Gasteiger partial charge in [-0.05, 0) is 49.5 Å². The number of ether oxygens (including phenoxy) is 2. The van der Waals surface area contributed by atoms with E-state index in [0.29, 0.717) is 27.9 Å². The van der Waals surface area contributed by atoms with E-state index in [1.165, 1.54) is 7.11 Å². The molecule has 0 saturated carbocycles. The van der Waals surface area contributed by atoms with Crippen LogP contribution in [0.15, 0.2) is 42.5 Å². The maximum Gasteiger partial charge on any atom is 0.337 e. The van der Waals surface area contributed by atoms with Gasteiger partial charge in [0.05, 0.1) is 23.7 Å². The maximum absolute atomic E-state index is 11.7. The van der Waals surface area contributed by atoms with Crippen molar-refractivity contribution in [3.63, 3.8) is 0 Å². The molecule has 0 spiro atoms. The number of nitrogens with zero attached hydrogens (tertiary/aromatic N) is 1. The summed E-state index contributed by atoms with van der Waals surface area (Å²) in [7, 11) is 1.36. The predicted octanol–water partition coefficient (Wildman–Crippen LogP) is 4.06. The number of hydrogen-bond acceptors (Lipinski definition) is 4. The normalized spacial score (nSPS) is 23.6. The highest BCUT2D eigenvalue weighted by atomic mass is 35.5. The lowest BCUT2D eigenvalue weighted by Gasteiger charge is -2.52. The Morgan fingerprint density at radius 1 is 1.35 bits per heavy atom. The van der Waals surface area contributed by atoms with Gasteiger partial charge in [-0.3, -0.25) is 4.90 Å². The molecule has 2 aliphatic heterocycles. The van der Waals surface area contributed by atoms with Gasteiger partial charge in [-0.25, -0.2) is 4.79 Å². The molecule has 0 radical (unpaired) electrons. The highest BCUT2D eigenvalue weighted by Crippen LogP contribution is 2.48. The number of nitrogens with one attached hydrogen (secondary N) is 1. The zero-order valence-corrected chi connectivity index (χ0v) is 15.9. The van der Waals surface area contributed by atoms with Gasteiger partial charge in [0.2, 0.25) is 0 Å². The van der Waals surface area contributed by atoms with Crippen LogP contribution in [0.5, 0.6) is 5.75 Å². The number of fused-ring (bicyclic) bond motifs is 4. The third-order valence-electron chi connectivity index (χ3n) is 4.80. The number of esters is 1. The van der Waals surface area contributed by atoms with Crippen molar-refractivity contribution in [2.45, 2.75) is 25.1 Å². The Kier molecular flexibility index (Phi) is 4.04. The van der Waals surface area contributed by atoms with Gasteiger partial charge in [0.25, 0.3) is 0 Å². The summed E-state index contributed by atoms with van der Waals surface area (Å²) in [6.45, 7) is 1.99. The van der Waals surface area contributed by atoms with Gasteiger partial charge >= 0.3 is 5.97 Å². The average molecular weight is 389 g/mol. The summed E-state index contributed by atoms with van der Waals surface area (Å²) >= 11 is 12.0. The number of carbonyl (C=O) groups is 1. The first-order chi connectivity index (χ1) is 12.4. The van der Waals surface area contributed by atoms with Crippen LogP contribution in [0, 0.1) is 0 Å². The molecule has 134 valence electrons. The molecule has 5 nitrogen and oxygen atoms in total. The van der Waals surface area contributed by atoms with Crippen LogP contribution in [-0.2, 0) is 4.74 Å². The quantitative estimate of drug-likeness (QED) is 0.618. The molecular weight excluding hydrogens is 372 g/mol. The van der Waals surface area contributed by atoms with Crippen LogP contribution in [-0.4, -0.2) is 23.9 Å². The number of rotatable bonds is 2. The van der Waals surface area contributed by atoms with Crippen molar-refractivity contribution in [3.05, 3.63) is 58.6 Å². The van der Waals surface area contributed by atoms with E-state index in [9.17, 15) is 4.79 Å². The number of para-hydroxylation sites is 1. The number of halogens is 1. The maximum atomic E-state index is 11.7. The molecule has 4 rings (SSSR count). The van der Waals surface area contributed by atoms with E-state index >= 15 is 0 Å². The van der Waals surface area contributed by atoms with Crippen LogP contribution in [0.3, 0.4) is 0 Å². The number of anilines is 1. The van der Waals surface area contributed by atoms with Crippen LogP contribution in [0.2, 0.25) is 5.02 Å². The molecule has 0 amide bonds. The molecule has 7 heteroatoms. The topological polar surface area (TPSA) is 50.8 Å². The molecule has 0 aromatic heterocycles. The van der Waals surface area contributed by atoms with Crippen molar-refractivity contribution in [2.24, 2.45) is 0 Å². The van der Waals surface area contributed by atoms with Gasteiger partial charge in [-0.2, -0.15) is 0 Å². The molecule has 1 saturated heterocycles. The summed E-state index contributed by atoms with van der Waals surface area (Å²) in [5.41, 5.74) is 1.63. The summed E-state index contributed by atoms with van der Waals surface area (Å²) in [5.74, 6) is 0.302. The number of methoxy groups -OCH3 is 1. The van der Waals surface area contributed by atoms with E-state index in [4.69, 9.17) is 33.3 Å². The number of hydrogen-bond donors (Lipinski definition) is 1. The standard InChI is InChI=1S/C19H17ClN2O3S/c1-19-10-15(13-4-3-5-14(20)16(13)25-19)21-18(26)22(19)12-8-6-11(7-9-12)17(23)24-2/h3-9,15H,10H2,1-2H3,(H,21,26). The lowest BCUT2D eigenvalue weighted by Crippen LogP contribution is -2.65. The van der Waals surface area contributed by atoms with Gasteiger partial charge in [0.1, 0.15) is 5.75 Å². The molecule has 26 heavy (non-hydrogen) atoms.